The van der Waals surface area contributed by atoms with Gasteiger partial charge in [-0.3, -0.25) is 0 Å². The molecule has 0 saturated carbocycles. The van der Waals surface area contributed by atoms with Gasteiger partial charge in [-0.05, 0) is 12.8 Å². The number of halogens is 2. The van der Waals surface area contributed by atoms with Crippen molar-refractivity contribution in [3.8, 4) is 0 Å². The molecule has 0 saturated heterocycles. The third-order valence-corrected chi connectivity index (χ3v) is 6.21. The van der Waals surface area contributed by atoms with Crippen molar-refractivity contribution in [2.24, 2.45) is 5.73 Å². The molecule has 0 aliphatic heterocycles. The molecule has 5 nitrogen and oxygen atoms in total. The molecule has 0 unspecified atom stereocenters. The van der Waals surface area contributed by atoms with Crippen molar-refractivity contribution < 1.29 is 5.11 Å². The summed E-state index contributed by atoms with van der Waals surface area (Å²) in [6.07, 6.45) is 2.91. The van der Waals surface area contributed by atoms with Crippen LogP contribution in [-0.4, -0.2) is 27.7 Å². The highest BCUT2D eigenvalue weighted by Crippen LogP contribution is 2.40. The number of anilines is 1. The van der Waals surface area contributed by atoms with Gasteiger partial charge in [-0.2, -0.15) is 0 Å². The first-order valence-corrected chi connectivity index (χ1v) is 9.79. The summed E-state index contributed by atoms with van der Waals surface area (Å²) < 4.78 is 0.951. The molecule has 3 aromatic rings. The standard InChI is InChI=1S/C15H16Cl2N4OS2/c16-11-6-9(20-7-12-19-2-4-23-12)15-14(21-11)13(17)10(24-15)5-8(18)1-3-22/h2,4,6,8,22H,1,3,5,7,18H2,(H,20,21)/t8-/m0/s1. The number of aliphatic hydroxyl groups excluding tert-OH is 1. The molecule has 0 radical (unpaired) electrons. The van der Waals surface area contributed by atoms with Crippen molar-refractivity contribution in [2.45, 2.75) is 25.4 Å². The number of nitrogens with two attached hydrogens (primary N) is 1. The van der Waals surface area contributed by atoms with E-state index in [4.69, 9.17) is 34.0 Å². The van der Waals surface area contributed by atoms with Gasteiger partial charge in [-0.25, -0.2) is 9.97 Å². The first kappa shape index (κ1) is 17.8. The Morgan fingerprint density at radius 3 is 2.92 bits per heavy atom. The minimum atomic E-state index is -0.136. The van der Waals surface area contributed by atoms with Gasteiger partial charge in [0.15, 0.2) is 0 Å². The highest BCUT2D eigenvalue weighted by atomic mass is 35.5. The highest BCUT2D eigenvalue weighted by Gasteiger charge is 2.18. The van der Waals surface area contributed by atoms with Gasteiger partial charge in [0.05, 0.1) is 22.0 Å². The molecule has 0 amide bonds. The zero-order chi connectivity index (χ0) is 17.1. The number of thiazole rings is 1. The Balaban J connectivity index is 1.91. The lowest BCUT2D eigenvalue weighted by Crippen LogP contribution is -2.23. The molecule has 9 heteroatoms. The molecule has 0 aliphatic carbocycles. The zero-order valence-electron chi connectivity index (χ0n) is 12.6. The van der Waals surface area contributed by atoms with Crippen LogP contribution >= 0.6 is 45.9 Å². The molecule has 3 heterocycles. The zero-order valence-corrected chi connectivity index (χ0v) is 15.8. The molecule has 1 atom stereocenters. The Morgan fingerprint density at radius 1 is 1.38 bits per heavy atom. The number of nitrogens with zero attached hydrogens (tertiary/aromatic N) is 2. The smallest absolute Gasteiger partial charge is 0.131 e. The van der Waals surface area contributed by atoms with Crippen molar-refractivity contribution in [1.29, 1.82) is 0 Å². The van der Waals surface area contributed by atoms with Crippen LogP contribution in [0.25, 0.3) is 10.2 Å². The second-order valence-corrected chi connectivity index (χ2v) is 8.11. The fourth-order valence-corrected chi connectivity index (χ4v) is 4.68. The van der Waals surface area contributed by atoms with Crippen LogP contribution in [0.2, 0.25) is 10.2 Å². The molecule has 128 valence electrons. The van der Waals surface area contributed by atoms with Gasteiger partial charge >= 0.3 is 0 Å². The summed E-state index contributed by atoms with van der Waals surface area (Å²) in [7, 11) is 0. The summed E-state index contributed by atoms with van der Waals surface area (Å²) in [5.41, 5.74) is 7.58. The SMILES string of the molecule is N[C@@H](CCO)Cc1sc2c(NCc3nccs3)cc(Cl)nc2c1Cl. The molecule has 3 aromatic heterocycles. The van der Waals surface area contributed by atoms with E-state index in [1.807, 2.05) is 5.38 Å². The number of hydrogen-bond donors (Lipinski definition) is 3. The first-order chi connectivity index (χ1) is 11.6. The molecular formula is C15H16Cl2N4OS2. The maximum atomic E-state index is 9.01. The molecule has 0 spiro atoms. The lowest BCUT2D eigenvalue weighted by Gasteiger charge is -2.07. The van der Waals surface area contributed by atoms with Crippen molar-refractivity contribution in [3.63, 3.8) is 0 Å². The van der Waals surface area contributed by atoms with E-state index in [9.17, 15) is 0 Å². The second-order valence-electron chi connectivity index (χ2n) is 5.27. The van der Waals surface area contributed by atoms with Crippen LogP contribution in [-0.2, 0) is 13.0 Å². The largest absolute Gasteiger partial charge is 0.396 e. The Bertz CT molecular complexity index is 823. The van der Waals surface area contributed by atoms with E-state index in [1.54, 1.807) is 34.9 Å². The summed E-state index contributed by atoms with van der Waals surface area (Å²) in [6.45, 7) is 0.677. The molecule has 24 heavy (non-hydrogen) atoms. The van der Waals surface area contributed by atoms with Crippen molar-refractivity contribution in [3.05, 3.63) is 37.7 Å². The Kier molecular flexibility index (Phi) is 5.91. The Morgan fingerprint density at radius 2 is 2.21 bits per heavy atom. The Hall–Kier alpha value is -0.960. The van der Waals surface area contributed by atoms with Crippen molar-refractivity contribution in [1.82, 2.24) is 9.97 Å². The van der Waals surface area contributed by atoms with Crippen LogP contribution in [0.1, 0.15) is 16.3 Å². The number of nitrogens with one attached hydrogen (secondary N) is 1. The van der Waals surface area contributed by atoms with Gasteiger partial charge in [-0.1, -0.05) is 23.2 Å². The summed E-state index contributed by atoms with van der Waals surface area (Å²) in [5.74, 6) is 0. The normalized spacial score (nSPS) is 12.7. The molecule has 0 fully saturated rings. The molecular weight excluding hydrogens is 387 g/mol. The molecule has 0 aliphatic rings. The fraction of sp³-hybridized carbons (Fsp3) is 0.333. The van der Waals surface area contributed by atoms with Crippen LogP contribution < -0.4 is 11.1 Å². The quantitative estimate of drug-likeness (QED) is 0.521. The van der Waals surface area contributed by atoms with Gasteiger partial charge in [0, 0.05) is 35.2 Å². The first-order valence-electron chi connectivity index (χ1n) is 7.34. The van der Waals surface area contributed by atoms with Gasteiger partial charge < -0.3 is 16.2 Å². The van der Waals surface area contributed by atoms with E-state index >= 15 is 0 Å². The molecule has 4 N–H and O–H groups in total. The monoisotopic (exact) mass is 402 g/mol. The molecule has 3 rings (SSSR count). The number of hydrogen-bond acceptors (Lipinski definition) is 7. The fourth-order valence-electron chi connectivity index (χ4n) is 2.33. The van der Waals surface area contributed by atoms with E-state index in [0.29, 0.717) is 35.1 Å². The lowest BCUT2D eigenvalue weighted by atomic mass is 10.1. The van der Waals surface area contributed by atoms with Gasteiger partial charge in [0.25, 0.3) is 0 Å². The van der Waals surface area contributed by atoms with Crippen molar-refractivity contribution >= 4 is 61.8 Å². The van der Waals surface area contributed by atoms with Crippen LogP contribution in [0, 0.1) is 0 Å². The minimum absolute atomic E-state index is 0.0639. The summed E-state index contributed by atoms with van der Waals surface area (Å²) in [5, 5.41) is 16.3. The maximum absolute atomic E-state index is 9.01. The topological polar surface area (TPSA) is 84.1 Å². The number of fused-ring (bicyclic) bond motifs is 1. The van der Waals surface area contributed by atoms with Crippen LogP contribution in [0.3, 0.4) is 0 Å². The number of rotatable bonds is 7. The van der Waals surface area contributed by atoms with Crippen LogP contribution in [0.4, 0.5) is 5.69 Å². The predicted octanol–water partition coefficient (Wildman–Crippen LogP) is 3.92. The predicted molar refractivity (Wildman–Crippen MR) is 102 cm³/mol. The number of aliphatic hydroxyl groups is 1. The average Bonchev–Trinajstić information content (AvgIpc) is 3.15. The van der Waals surface area contributed by atoms with E-state index < -0.39 is 0 Å². The summed E-state index contributed by atoms with van der Waals surface area (Å²) in [6, 6.07) is 1.66. The average molecular weight is 403 g/mol. The van der Waals surface area contributed by atoms with E-state index in [2.05, 4.69) is 15.3 Å². The van der Waals surface area contributed by atoms with Crippen molar-refractivity contribution in [2.75, 3.05) is 11.9 Å². The maximum Gasteiger partial charge on any atom is 0.131 e. The van der Waals surface area contributed by atoms with E-state index in [0.717, 1.165) is 20.3 Å². The number of thiophene rings is 1. The third-order valence-electron chi connectivity index (χ3n) is 3.48. The number of pyridine rings is 1. The Labute approximate surface area is 157 Å². The van der Waals surface area contributed by atoms with Crippen LogP contribution in [0.5, 0.6) is 0 Å². The lowest BCUT2D eigenvalue weighted by molar-refractivity contribution is 0.275. The van der Waals surface area contributed by atoms with Gasteiger partial charge in [0.1, 0.15) is 15.7 Å². The van der Waals surface area contributed by atoms with Gasteiger partial charge in [0.2, 0.25) is 0 Å². The summed E-state index contributed by atoms with van der Waals surface area (Å²) in [4.78, 5) is 9.57. The molecule has 0 aromatic carbocycles. The van der Waals surface area contributed by atoms with Gasteiger partial charge in [-0.15, -0.1) is 22.7 Å². The highest BCUT2D eigenvalue weighted by molar-refractivity contribution is 7.20. The minimum Gasteiger partial charge on any atom is -0.396 e. The second kappa shape index (κ2) is 7.95. The number of aromatic nitrogens is 2. The van der Waals surface area contributed by atoms with E-state index in [1.165, 1.54) is 0 Å². The van der Waals surface area contributed by atoms with E-state index in [-0.39, 0.29) is 12.6 Å². The van der Waals surface area contributed by atoms with Crippen LogP contribution in [0.15, 0.2) is 17.6 Å². The third kappa shape index (κ3) is 3.99. The molecule has 0 bridgehead atoms. The summed E-state index contributed by atoms with van der Waals surface area (Å²) >= 11 is 15.8.